The van der Waals surface area contributed by atoms with Crippen LogP contribution in [0.2, 0.25) is 0 Å². The second-order valence-corrected chi connectivity index (χ2v) is 3.72. The largest absolute Gasteiger partial charge is 0.481 e. The lowest BCUT2D eigenvalue weighted by atomic mass is 10.1. The summed E-state index contributed by atoms with van der Waals surface area (Å²) in [5, 5.41) is 8.57. The maximum absolute atomic E-state index is 13.7. The number of carboxylic acid groups (broad SMARTS) is 1. The highest BCUT2D eigenvalue weighted by Gasteiger charge is 2.09. The number of benzene rings is 1. The molecule has 1 aromatic carbocycles. The third kappa shape index (κ3) is 2.68. The van der Waals surface area contributed by atoms with Gasteiger partial charge in [0.25, 0.3) is 0 Å². The molecule has 0 spiro atoms. The van der Waals surface area contributed by atoms with Crippen LogP contribution in [0.25, 0.3) is 11.1 Å². The fraction of sp³-hybridized carbons (Fsp3) is 0.0769. The number of carbonyl (C=O) groups is 1. The Bertz CT molecular complexity index is 582. The molecule has 2 rings (SSSR count). The van der Waals surface area contributed by atoms with Gasteiger partial charge in [0.05, 0.1) is 12.1 Å². The number of rotatable bonds is 3. The molecule has 0 unspecified atom stereocenters. The van der Waals surface area contributed by atoms with Gasteiger partial charge in [0, 0.05) is 5.56 Å². The summed E-state index contributed by atoms with van der Waals surface area (Å²) in [7, 11) is 0. The van der Waals surface area contributed by atoms with Gasteiger partial charge in [0.15, 0.2) is 0 Å². The smallest absolute Gasteiger partial charge is 0.309 e. The van der Waals surface area contributed by atoms with Gasteiger partial charge in [-0.3, -0.25) is 4.79 Å². The maximum atomic E-state index is 13.7. The lowest BCUT2D eigenvalue weighted by Crippen LogP contribution is -2.04. The Morgan fingerprint density at radius 3 is 2.33 bits per heavy atom. The van der Waals surface area contributed by atoms with Crippen LogP contribution < -0.4 is 0 Å². The molecule has 1 aromatic heterocycles. The molecular formula is C13H9F2NO2. The molecular weight excluding hydrogens is 240 g/mol. The second-order valence-electron chi connectivity index (χ2n) is 3.72. The number of nitrogens with zero attached hydrogens (tertiary/aromatic N) is 1. The summed E-state index contributed by atoms with van der Waals surface area (Å²) in [6.45, 7) is 0. The molecule has 0 saturated carbocycles. The third-order valence-electron chi connectivity index (χ3n) is 2.39. The highest BCUT2D eigenvalue weighted by molar-refractivity contribution is 5.70. The summed E-state index contributed by atoms with van der Waals surface area (Å²) < 4.78 is 26.4. The van der Waals surface area contributed by atoms with Crippen molar-refractivity contribution in [1.29, 1.82) is 0 Å². The van der Waals surface area contributed by atoms with Gasteiger partial charge in [0.2, 0.25) is 5.95 Å². The predicted octanol–water partition coefficient (Wildman–Crippen LogP) is 2.65. The molecule has 0 atom stereocenters. The van der Waals surface area contributed by atoms with Crippen LogP contribution in [0.4, 0.5) is 8.78 Å². The first-order valence-corrected chi connectivity index (χ1v) is 5.19. The lowest BCUT2D eigenvalue weighted by Gasteiger charge is -2.04. The van der Waals surface area contributed by atoms with Gasteiger partial charge in [-0.05, 0) is 29.8 Å². The molecule has 92 valence electrons. The van der Waals surface area contributed by atoms with E-state index in [0.717, 1.165) is 0 Å². The Labute approximate surface area is 102 Å². The van der Waals surface area contributed by atoms with Crippen LogP contribution in [0.1, 0.15) is 5.69 Å². The maximum Gasteiger partial charge on any atom is 0.309 e. The van der Waals surface area contributed by atoms with Crippen molar-refractivity contribution >= 4 is 5.97 Å². The van der Waals surface area contributed by atoms with E-state index in [4.69, 9.17) is 5.11 Å². The lowest BCUT2D eigenvalue weighted by molar-refractivity contribution is -0.136. The van der Waals surface area contributed by atoms with E-state index in [1.807, 2.05) is 0 Å². The minimum Gasteiger partial charge on any atom is -0.481 e. The Kier molecular flexibility index (Phi) is 3.32. The molecule has 18 heavy (non-hydrogen) atoms. The second kappa shape index (κ2) is 4.91. The van der Waals surface area contributed by atoms with Gasteiger partial charge in [0.1, 0.15) is 5.82 Å². The SMILES string of the molecule is O=C(O)Cc1ccc(-c2ccc(F)cc2)c(F)n1. The molecule has 5 heteroatoms. The molecule has 0 radical (unpaired) electrons. The van der Waals surface area contributed by atoms with Crippen molar-refractivity contribution in [3.8, 4) is 11.1 Å². The van der Waals surface area contributed by atoms with Crippen LogP contribution >= 0.6 is 0 Å². The van der Waals surface area contributed by atoms with Crippen LogP contribution in [-0.2, 0) is 11.2 Å². The van der Waals surface area contributed by atoms with E-state index in [9.17, 15) is 13.6 Å². The van der Waals surface area contributed by atoms with Gasteiger partial charge in [-0.2, -0.15) is 4.39 Å². The van der Waals surface area contributed by atoms with E-state index in [0.29, 0.717) is 5.56 Å². The van der Waals surface area contributed by atoms with Crippen LogP contribution in [-0.4, -0.2) is 16.1 Å². The summed E-state index contributed by atoms with van der Waals surface area (Å²) in [5.41, 5.74) is 0.846. The Balaban J connectivity index is 2.35. The fourth-order valence-corrected chi connectivity index (χ4v) is 1.57. The number of aromatic nitrogens is 1. The number of hydrogen-bond donors (Lipinski definition) is 1. The number of aliphatic carboxylic acids is 1. The van der Waals surface area contributed by atoms with Crippen molar-refractivity contribution in [2.45, 2.75) is 6.42 Å². The molecule has 0 bridgehead atoms. The van der Waals surface area contributed by atoms with Gasteiger partial charge in [-0.1, -0.05) is 12.1 Å². The molecule has 0 amide bonds. The number of carboxylic acids is 1. The first kappa shape index (κ1) is 12.2. The Hall–Kier alpha value is -2.30. The quantitative estimate of drug-likeness (QED) is 0.851. The molecule has 0 aliphatic heterocycles. The van der Waals surface area contributed by atoms with Crippen LogP contribution in [0, 0.1) is 11.8 Å². The summed E-state index contributed by atoms with van der Waals surface area (Å²) in [4.78, 5) is 14.0. The van der Waals surface area contributed by atoms with Gasteiger partial charge >= 0.3 is 5.97 Å². The first-order valence-electron chi connectivity index (χ1n) is 5.19. The average Bonchev–Trinajstić information content (AvgIpc) is 2.30. The van der Waals surface area contributed by atoms with E-state index < -0.39 is 17.7 Å². The molecule has 0 aliphatic rings. The topological polar surface area (TPSA) is 50.2 Å². The first-order chi connectivity index (χ1) is 8.56. The highest BCUT2D eigenvalue weighted by atomic mass is 19.1. The minimum atomic E-state index is -1.07. The van der Waals surface area contributed by atoms with E-state index in [2.05, 4.69) is 4.98 Å². The number of halogens is 2. The van der Waals surface area contributed by atoms with E-state index in [-0.39, 0.29) is 17.7 Å². The summed E-state index contributed by atoms with van der Waals surface area (Å²) in [5.74, 6) is -2.24. The third-order valence-corrected chi connectivity index (χ3v) is 2.39. The monoisotopic (exact) mass is 249 g/mol. The number of pyridine rings is 1. The van der Waals surface area contributed by atoms with E-state index >= 15 is 0 Å². The molecule has 2 aromatic rings. The van der Waals surface area contributed by atoms with Crippen LogP contribution in [0.5, 0.6) is 0 Å². The molecule has 1 N–H and O–H groups in total. The average molecular weight is 249 g/mol. The summed E-state index contributed by atoms with van der Waals surface area (Å²) in [6.07, 6.45) is -0.333. The molecule has 1 heterocycles. The van der Waals surface area contributed by atoms with E-state index in [1.165, 1.54) is 36.4 Å². The molecule has 3 nitrogen and oxygen atoms in total. The molecule has 0 aliphatic carbocycles. The van der Waals surface area contributed by atoms with Crippen LogP contribution in [0.3, 0.4) is 0 Å². The zero-order valence-corrected chi connectivity index (χ0v) is 9.23. The van der Waals surface area contributed by atoms with Crippen molar-refractivity contribution in [3.05, 3.63) is 53.9 Å². The van der Waals surface area contributed by atoms with Gasteiger partial charge < -0.3 is 5.11 Å². The zero-order chi connectivity index (χ0) is 13.1. The highest BCUT2D eigenvalue weighted by Crippen LogP contribution is 2.22. The van der Waals surface area contributed by atoms with Gasteiger partial charge in [-0.15, -0.1) is 0 Å². The zero-order valence-electron chi connectivity index (χ0n) is 9.23. The predicted molar refractivity (Wildman–Crippen MR) is 60.9 cm³/mol. The van der Waals surface area contributed by atoms with Gasteiger partial charge in [-0.25, -0.2) is 9.37 Å². The van der Waals surface area contributed by atoms with Crippen LogP contribution in [0.15, 0.2) is 36.4 Å². The Morgan fingerprint density at radius 2 is 1.78 bits per heavy atom. The Morgan fingerprint density at radius 1 is 1.11 bits per heavy atom. The number of hydrogen-bond acceptors (Lipinski definition) is 2. The summed E-state index contributed by atoms with van der Waals surface area (Å²) in [6, 6.07) is 8.20. The summed E-state index contributed by atoms with van der Waals surface area (Å²) >= 11 is 0. The van der Waals surface area contributed by atoms with Crippen molar-refractivity contribution in [2.75, 3.05) is 0 Å². The minimum absolute atomic E-state index is 0.144. The molecule has 0 fully saturated rings. The van der Waals surface area contributed by atoms with Crippen molar-refractivity contribution in [3.63, 3.8) is 0 Å². The van der Waals surface area contributed by atoms with E-state index in [1.54, 1.807) is 0 Å². The molecule has 0 saturated heterocycles. The normalized spacial score (nSPS) is 10.3. The van der Waals surface area contributed by atoms with Crippen molar-refractivity contribution in [2.24, 2.45) is 0 Å². The fourth-order valence-electron chi connectivity index (χ4n) is 1.57. The standard InChI is InChI=1S/C13H9F2NO2/c14-9-3-1-8(2-4-9)11-6-5-10(7-12(17)18)16-13(11)15/h1-6H,7H2,(H,17,18). The van der Waals surface area contributed by atoms with Crippen molar-refractivity contribution < 1.29 is 18.7 Å². The van der Waals surface area contributed by atoms with Crippen molar-refractivity contribution in [1.82, 2.24) is 4.98 Å².